The molecule has 3 heterocycles. The van der Waals surface area contributed by atoms with Crippen LogP contribution in [0.3, 0.4) is 0 Å². The molecule has 2 aliphatic rings. The van der Waals surface area contributed by atoms with E-state index < -0.39 is 57.1 Å². The number of anilines is 3. The molecule has 0 aliphatic carbocycles. The minimum atomic E-state index is -4.81. The number of benzene rings is 4. The van der Waals surface area contributed by atoms with Crippen molar-refractivity contribution in [2.45, 2.75) is 42.8 Å². The maximum Gasteiger partial charge on any atom is 0.418 e. The molecule has 3 atom stereocenters. The minimum Gasteiger partial charge on any atom is -0.372 e. The number of fused-ring (bicyclic) bond motifs is 3. The molecule has 0 radical (unpaired) electrons. The van der Waals surface area contributed by atoms with E-state index in [1.165, 1.54) is 16.7 Å². The molecule has 13 heteroatoms. The number of thioether (sulfide) groups is 1. The highest BCUT2D eigenvalue weighted by Crippen LogP contribution is 2.54. The lowest BCUT2D eigenvalue weighted by atomic mass is 9.83. The van der Waals surface area contributed by atoms with Crippen LogP contribution in [0.2, 0.25) is 0 Å². The zero-order valence-electron chi connectivity index (χ0n) is 26.9. The largest absolute Gasteiger partial charge is 0.418 e. The number of amides is 3. The first-order chi connectivity index (χ1) is 24.0. The smallest absolute Gasteiger partial charge is 0.372 e. The molecule has 0 bridgehead atoms. The second kappa shape index (κ2) is 13.1. The fourth-order valence-corrected chi connectivity index (χ4v) is 9.68. The Hall–Kier alpha value is -4.88. The molecule has 256 valence electrons. The SMILES string of the molecule is CCN(CC)c1ccc([C@H]2c3sc(=O)n(CC(=O)Nc4cccc5ccccc45)c3SC3C(=O)N(c4ccccc4C(F)(F)F)C(=O)C32)cc1. The monoisotopic (exact) mass is 716 g/mol. The number of hydrogen-bond acceptors (Lipinski definition) is 7. The Bertz CT molecular complexity index is 2190. The third-order valence-electron chi connectivity index (χ3n) is 9.25. The number of rotatable bonds is 8. The number of imide groups is 1. The van der Waals surface area contributed by atoms with E-state index in [1.54, 1.807) is 6.07 Å². The van der Waals surface area contributed by atoms with Crippen molar-refractivity contribution in [2.24, 2.45) is 5.92 Å². The predicted molar refractivity (Wildman–Crippen MR) is 190 cm³/mol. The second-order valence-electron chi connectivity index (χ2n) is 12.0. The van der Waals surface area contributed by atoms with Crippen LogP contribution in [0.4, 0.5) is 30.2 Å². The van der Waals surface area contributed by atoms with Gasteiger partial charge in [-0.25, -0.2) is 4.90 Å². The molecule has 2 aliphatic heterocycles. The van der Waals surface area contributed by atoms with Crippen molar-refractivity contribution in [3.63, 3.8) is 0 Å². The number of hydrogen-bond donors (Lipinski definition) is 1. The first kappa shape index (κ1) is 33.6. The molecule has 2 unspecified atom stereocenters. The molecule has 8 nitrogen and oxygen atoms in total. The Kier molecular flexibility index (Phi) is 8.81. The number of alkyl halides is 3. The van der Waals surface area contributed by atoms with Gasteiger partial charge in [-0.05, 0) is 55.1 Å². The van der Waals surface area contributed by atoms with Gasteiger partial charge in [-0.1, -0.05) is 83.8 Å². The molecule has 7 rings (SSSR count). The predicted octanol–water partition coefficient (Wildman–Crippen LogP) is 7.36. The van der Waals surface area contributed by atoms with Crippen molar-refractivity contribution in [3.8, 4) is 0 Å². The number of carbonyl (C=O) groups is 3. The molecule has 1 saturated heterocycles. The van der Waals surface area contributed by atoms with E-state index in [0.717, 1.165) is 64.8 Å². The standard InChI is InChI=1S/C37H31F3N4O4S2/c1-3-42(4-2)23-18-16-22(17-19-23)29-30-31(34(47)44(33(30)46)27-15-8-7-13-25(27)37(38,39)40)49-35-32(29)50-36(48)43(35)20-28(45)41-26-14-9-11-21-10-5-6-12-24(21)26/h5-19,29-31H,3-4,20H2,1-2H3,(H,41,45)/t29-,30?,31?/m1/s1. The van der Waals surface area contributed by atoms with Crippen molar-refractivity contribution in [1.29, 1.82) is 0 Å². The summed E-state index contributed by atoms with van der Waals surface area (Å²) >= 11 is 1.84. The lowest BCUT2D eigenvalue weighted by Crippen LogP contribution is -2.33. The quantitative estimate of drug-likeness (QED) is 0.169. The topological polar surface area (TPSA) is 91.7 Å². The van der Waals surface area contributed by atoms with Gasteiger partial charge in [-0.15, -0.1) is 0 Å². The molecule has 50 heavy (non-hydrogen) atoms. The number of aromatic nitrogens is 1. The molecule has 1 aromatic heterocycles. The van der Waals surface area contributed by atoms with Gasteiger partial charge in [0.1, 0.15) is 11.8 Å². The van der Waals surface area contributed by atoms with Crippen molar-refractivity contribution < 1.29 is 27.6 Å². The van der Waals surface area contributed by atoms with E-state index in [2.05, 4.69) is 10.2 Å². The van der Waals surface area contributed by atoms with Crippen LogP contribution in [0.25, 0.3) is 10.8 Å². The number of para-hydroxylation sites is 1. The van der Waals surface area contributed by atoms with Crippen LogP contribution in [-0.2, 0) is 27.1 Å². The number of carbonyl (C=O) groups excluding carboxylic acids is 3. The summed E-state index contributed by atoms with van der Waals surface area (Å²) in [6, 6.07) is 25.0. The summed E-state index contributed by atoms with van der Waals surface area (Å²) in [5.41, 5.74) is 0.516. The maximum atomic E-state index is 14.2. The molecule has 3 amide bonds. The normalized spacial score (nSPS) is 18.7. The van der Waals surface area contributed by atoms with Gasteiger partial charge in [0.15, 0.2) is 0 Å². The average Bonchev–Trinajstić information content (AvgIpc) is 3.55. The fraction of sp³-hybridized carbons (Fsp3) is 0.243. The second-order valence-corrected chi connectivity index (χ2v) is 14.2. The Morgan fingerprint density at radius 1 is 0.860 bits per heavy atom. The van der Waals surface area contributed by atoms with Crippen molar-refractivity contribution in [1.82, 2.24) is 4.57 Å². The molecular formula is C37H31F3N4O4S2. The lowest BCUT2D eigenvalue weighted by molar-refractivity contribution is -0.137. The average molecular weight is 717 g/mol. The molecule has 1 N–H and O–H groups in total. The van der Waals surface area contributed by atoms with E-state index in [1.807, 2.05) is 74.5 Å². The van der Waals surface area contributed by atoms with Crippen LogP contribution in [0, 0.1) is 5.92 Å². The van der Waals surface area contributed by atoms with E-state index in [-0.39, 0.29) is 6.54 Å². The molecule has 5 aromatic rings. The van der Waals surface area contributed by atoms with Crippen LogP contribution < -0.4 is 20.0 Å². The summed E-state index contributed by atoms with van der Waals surface area (Å²) in [5.74, 6) is -3.95. The third kappa shape index (κ3) is 5.77. The highest BCUT2D eigenvalue weighted by molar-refractivity contribution is 8.00. The Labute approximate surface area is 293 Å². The van der Waals surface area contributed by atoms with Crippen LogP contribution >= 0.6 is 23.1 Å². The summed E-state index contributed by atoms with van der Waals surface area (Å²) in [4.78, 5) is 58.2. The van der Waals surface area contributed by atoms with Gasteiger partial charge in [0, 0.05) is 40.6 Å². The number of nitrogens with zero attached hydrogens (tertiary/aromatic N) is 3. The third-order valence-corrected chi connectivity index (χ3v) is 11.8. The van der Waals surface area contributed by atoms with Gasteiger partial charge in [-0.2, -0.15) is 13.2 Å². The first-order valence-electron chi connectivity index (χ1n) is 16.1. The van der Waals surface area contributed by atoms with E-state index in [9.17, 15) is 32.3 Å². The van der Waals surface area contributed by atoms with Crippen LogP contribution in [0.15, 0.2) is 101 Å². The van der Waals surface area contributed by atoms with E-state index in [4.69, 9.17) is 0 Å². The zero-order chi connectivity index (χ0) is 35.3. The summed E-state index contributed by atoms with van der Waals surface area (Å²) in [5, 5.41) is 3.85. The van der Waals surface area contributed by atoms with Crippen LogP contribution in [0.1, 0.15) is 35.8 Å². The summed E-state index contributed by atoms with van der Waals surface area (Å²) in [6.07, 6.45) is -4.81. The maximum absolute atomic E-state index is 14.2. The van der Waals surface area contributed by atoms with Crippen molar-refractivity contribution in [2.75, 3.05) is 28.2 Å². The van der Waals surface area contributed by atoms with Crippen LogP contribution in [0.5, 0.6) is 0 Å². The Balaban J connectivity index is 1.30. The molecule has 1 fully saturated rings. The molecule has 0 spiro atoms. The van der Waals surface area contributed by atoms with Gasteiger partial charge in [0.05, 0.1) is 22.2 Å². The molecule has 4 aromatic carbocycles. The summed E-state index contributed by atoms with van der Waals surface area (Å²) < 4.78 is 43.7. The van der Waals surface area contributed by atoms with E-state index in [0.29, 0.717) is 26.1 Å². The number of nitrogens with one attached hydrogen (secondary N) is 1. The fourth-order valence-electron chi connectivity index (χ4n) is 6.91. The molecular weight excluding hydrogens is 686 g/mol. The van der Waals surface area contributed by atoms with Gasteiger partial charge in [-0.3, -0.25) is 23.7 Å². The van der Waals surface area contributed by atoms with Crippen molar-refractivity contribution >= 4 is 68.7 Å². The zero-order valence-corrected chi connectivity index (χ0v) is 28.6. The van der Waals surface area contributed by atoms with Gasteiger partial charge in [0.25, 0.3) is 0 Å². The van der Waals surface area contributed by atoms with Gasteiger partial charge in [0.2, 0.25) is 17.7 Å². The van der Waals surface area contributed by atoms with Crippen LogP contribution in [-0.4, -0.2) is 40.6 Å². The van der Waals surface area contributed by atoms with Crippen molar-refractivity contribution in [3.05, 3.63) is 117 Å². The number of halogens is 3. The van der Waals surface area contributed by atoms with Gasteiger partial charge < -0.3 is 10.2 Å². The minimum absolute atomic E-state index is 0.347. The summed E-state index contributed by atoms with van der Waals surface area (Å²) in [7, 11) is 0. The Morgan fingerprint density at radius 2 is 1.54 bits per heavy atom. The summed E-state index contributed by atoms with van der Waals surface area (Å²) in [6.45, 7) is 5.21. The first-order valence-corrected chi connectivity index (χ1v) is 17.8. The van der Waals surface area contributed by atoms with E-state index >= 15 is 0 Å². The molecule has 0 saturated carbocycles. The van der Waals surface area contributed by atoms with Gasteiger partial charge >= 0.3 is 11.0 Å². The lowest BCUT2D eigenvalue weighted by Gasteiger charge is -2.31. The Morgan fingerprint density at radius 3 is 2.26 bits per heavy atom. The highest BCUT2D eigenvalue weighted by Gasteiger charge is 2.57. The highest BCUT2D eigenvalue weighted by atomic mass is 32.2. The number of thiazole rings is 1.